The van der Waals surface area contributed by atoms with Crippen molar-refractivity contribution in [3.8, 4) is 11.5 Å². The van der Waals surface area contributed by atoms with E-state index in [1.165, 1.54) is 11.0 Å². The molecule has 0 fully saturated rings. The fraction of sp³-hybridized carbons (Fsp3) is 0.118. The predicted molar refractivity (Wildman–Crippen MR) is 109 cm³/mol. The first-order chi connectivity index (χ1) is 13.0. The predicted octanol–water partition coefficient (Wildman–Crippen LogP) is 5.37. The molecule has 0 atom stereocenters. The van der Waals surface area contributed by atoms with E-state index in [9.17, 15) is 0 Å². The SMILES string of the molecule is COc1ccc(/C=N/n2cn[nH]c2=S)cc1COc1c(Cl)cc(Cl)cc1Cl. The van der Waals surface area contributed by atoms with Crippen molar-refractivity contribution >= 4 is 53.2 Å². The van der Waals surface area contributed by atoms with E-state index in [4.69, 9.17) is 56.5 Å². The van der Waals surface area contributed by atoms with Gasteiger partial charge in [0.05, 0.1) is 23.4 Å². The molecule has 27 heavy (non-hydrogen) atoms. The Morgan fingerprint density at radius 3 is 2.59 bits per heavy atom. The molecule has 0 unspecified atom stereocenters. The van der Waals surface area contributed by atoms with Gasteiger partial charge in [0.1, 0.15) is 18.7 Å². The van der Waals surface area contributed by atoms with Crippen LogP contribution in [0.1, 0.15) is 11.1 Å². The summed E-state index contributed by atoms with van der Waals surface area (Å²) >= 11 is 23.3. The van der Waals surface area contributed by atoms with Crippen molar-refractivity contribution in [2.75, 3.05) is 7.11 Å². The third kappa shape index (κ3) is 4.81. The number of hydrogen-bond acceptors (Lipinski definition) is 5. The Balaban J connectivity index is 1.83. The summed E-state index contributed by atoms with van der Waals surface area (Å²) in [6.45, 7) is 0.192. The van der Waals surface area contributed by atoms with Gasteiger partial charge in [0.25, 0.3) is 0 Å². The van der Waals surface area contributed by atoms with Crippen LogP contribution in [0.15, 0.2) is 41.8 Å². The fourth-order valence-corrected chi connectivity index (χ4v) is 3.34. The second-order valence-electron chi connectivity index (χ2n) is 5.31. The fourth-order valence-electron chi connectivity index (χ4n) is 2.26. The van der Waals surface area contributed by atoms with Gasteiger partial charge < -0.3 is 9.47 Å². The molecule has 0 bridgehead atoms. The molecule has 0 aliphatic heterocycles. The molecule has 0 saturated heterocycles. The number of aromatic nitrogens is 3. The Labute approximate surface area is 175 Å². The van der Waals surface area contributed by atoms with Gasteiger partial charge in [-0.05, 0) is 48.1 Å². The number of rotatable bonds is 6. The number of benzene rings is 2. The second-order valence-corrected chi connectivity index (χ2v) is 6.95. The van der Waals surface area contributed by atoms with E-state index in [0.29, 0.717) is 31.3 Å². The Bertz CT molecular complexity index is 1030. The summed E-state index contributed by atoms with van der Waals surface area (Å²) in [5.41, 5.74) is 1.62. The van der Waals surface area contributed by atoms with Crippen LogP contribution in [0.25, 0.3) is 0 Å². The summed E-state index contributed by atoms with van der Waals surface area (Å²) in [7, 11) is 1.58. The highest BCUT2D eigenvalue weighted by atomic mass is 35.5. The van der Waals surface area contributed by atoms with Crippen molar-refractivity contribution in [3.05, 3.63) is 67.6 Å². The highest BCUT2D eigenvalue weighted by Crippen LogP contribution is 2.36. The van der Waals surface area contributed by atoms with Crippen molar-refractivity contribution in [1.82, 2.24) is 14.9 Å². The Kier molecular flexibility index (Phi) is 6.38. The Morgan fingerprint density at radius 2 is 1.96 bits per heavy atom. The summed E-state index contributed by atoms with van der Waals surface area (Å²) in [5.74, 6) is 1.02. The summed E-state index contributed by atoms with van der Waals surface area (Å²) in [6.07, 6.45) is 3.13. The third-order valence-corrected chi connectivity index (χ3v) is 4.56. The normalized spacial score (nSPS) is 11.1. The average molecular weight is 444 g/mol. The summed E-state index contributed by atoms with van der Waals surface area (Å²) in [6, 6.07) is 8.69. The lowest BCUT2D eigenvalue weighted by Crippen LogP contribution is -2.01. The minimum Gasteiger partial charge on any atom is -0.496 e. The Morgan fingerprint density at radius 1 is 1.22 bits per heavy atom. The molecule has 1 heterocycles. The zero-order chi connectivity index (χ0) is 19.4. The van der Waals surface area contributed by atoms with E-state index >= 15 is 0 Å². The molecule has 1 aromatic heterocycles. The lowest BCUT2D eigenvalue weighted by atomic mass is 10.1. The van der Waals surface area contributed by atoms with Gasteiger partial charge in [-0.1, -0.05) is 34.8 Å². The summed E-state index contributed by atoms with van der Waals surface area (Å²) < 4.78 is 13.0. The van der Waals surface area contributed by atoms with E-state index in [1.807, 2.05) is 18.2 Å². The molecule has 3 rings (SSSR count). The zero-order valence-corrected chi connectivity index (χ0v) is 17.0. The summed E-state index contributed by atoms with van der Waals surface area (Å²) in [5, 5.41) is 11.8. The van der Waals surface area contributed by atoms with E-state index in [-0.39, 0.29) is 6.61 Å². The number of methoxy groups -OCH3 is 1. The van der Waals surface area contributed by atoms with Crippen molar-refractivity contribution in [3.63, 3.8) is 0 Å². The first kappa shape index (κ1) is 19.7. The minimum absolute atomic E-state index is 0.192. The third-order valence-electron chi connectivity index (χ3n) is 3.51. The van der Waals surface area contributed by atoms with Gasteiger partial charge in [-0.2, -0.15) is 14.9 Å². The highest BCUT2D eigenvalue weighted by Gasteiger charge is 2.11. The van der Waals surface area contributed by atoms with Gasteiger partial charge in [0, 0.05) is 10.6 Å². The van der Waals surface area contributed by atoms with Gasteiger partial charge in [0.15, 0.2) is 5.75 Å². The van der Waals surface area contributed by atoms with Crippen LogP contribution >= 0.6 is 47.0 Å². The van der Waals surface area contributed by atoms with Gasteiger partial charge >= 0.3 is 0 Å². The maximum Gasteiger partial charge on any atom is 0.216 e. The molecule has 3 aromatic rings. The molecule has 0 aliphatic carbocycles. The maximum absolute atomic E-state index is 6.16. The van der Waals surface area contributed by atoms with E-state index in [1.54, 1.807) is 25.5 Å². The minimum atomic E-state index is 0.192. The van der Waals surface area contributed by atoms with Crippen LogP contribution < -0.4 is 9.47 Å². The first-order valence-corrected chi connectivity index (χ1v) is 9.13. The van der Waals surface area contributed by atoms with Crippen LogP contribution in [0, 0.1) is 4.77 Å². The molecular weight excluding hydrogens is 431 g/mol. The van der Waals surface area contributed by atoms with Gasteiger partial charge in [-0.25, -0.2) is 0 Å². The number of ether oxygens (including phenoxy) is 2. The molecule has 10 heteroatoms. The zero-order valence-electron chi connectivity index (χ0n) is 13.9. The maximum atomic E-state index is 6.16. The number of aromatic amines is 1. The summed E-state index contributed by atoms with van der Waals surface area (Å²) in [4.78, 5) is 0. The lowest BCUT2D eigenvalue weighted by Gasteiger charge is -2.13. The van der Waals surface area contributed by atoms with E-state index in [0.717, 1.165) is 11.1 Å². The number of halogens is 3. The van der Waals surface area contributed by atoms with Crippen LogP contribution in [0.5, 0.6) is 11.5 Å². The molecule has 6 nitrogen and oxygen atoms in total. The molecular formula is C17H13Cl3N4O2S. The van der Waals surface area contributed by atoms with Crippen LogP contribution in [-0.4, -0.2) is 28.2 Å². The number of hydrogen-bond donors (Lipinski definition) is 1. The number of nitrogens with one attached hydrogen (secondary N) is 1. The van der Waals surface area contributed by atoms with Crippen LogP contribution in [0.3, 0.4) is 0 Å². The molecule has 140 valence electrons. The standard InChI is InChI=1S/C17H13Cl3N4O2S/c1-25-15-3-2-10(7-22-24-9-21-23-17(24)27)4-11(15)8-26-16-13(19)5-12(18)6-14(16)20/h2-7,9H,8H2,1H3,(H,23,27)/b22-7+. The van der Waals surface area contributed by atoms with Gasteiger partial charge in [0.2, 0.25) is 4.77 Å². The van der Waals surface area contributed by atoms with Crippen molar-refractivity contribution in [2.24, 2.45) is 5.10 Å². The molecule has 2 aromatic carbocycles. The molecule has 0 aliphatic rings. The average Bonchev–Trinajstić information content (AvgIpc) is 3.04. The van der Waals surface area contributed by atoms with Crippen molar-refractivity contribution in [1.29, 1.82) is 0 Å². The lowest BCUT2D eigenvalue weighted by molar-refractivity contribution is 0.297. The molecule has 1 N–H and O–H groups in total. The van der Waals surface area contributed by atoms with Crippen molar-refractivity contribution in [2.45, 2.75) is 6.61 Å². The molecule has 0 radical (unpaired) electrons. The Hall–Kier alpha value is -2.06. The molecule has 0 saturated carbocycles. The van der Waals surface area contributed by atoms with Gasteiger partial charge in [-0.15, -0.1) is 0 Å². The van der Waals surface area contributed by atoms with E-state index in [2.05, 4.69) is 15.3 Å². The van der Waals surface area contributed by atoms with E-state index < -0.39 is 0 Å². The van der Waals surface area contributed by atoms with Gasteiger partial charge in [-0.3, -0.25) is 5.10 Å². The molecule has 0 spiro atoms. The second kappa shape index (κ2) is 8.75. The number of nitrogens with zero attached hydrogens (tertiary/aromatic N) is 3. The van der Waals surface area contributed by atoms with Crippen LogP contribution in [0.2, 0.25) is 15.1 Å². The topological polar surface area (TPSA) is 64.4 Å². The largest absolute Gasteiger partial charge is 0.496 e. The highest BCUT2D eigenvalue weighted by molar-refractivity contribution is 7.71. The molecule has 0 amide bonds. The van der Waals surface area contributed by atoms with Crippen LogP contribution in [-0.2, 0) is 6.61 Å². The number of H-pyrrole nitrogens is 1. The van der Waals surface area contributed by atoms with Crippen LogP contribution in [0.4, 0.5) is 0 Å². The monoisotopic (exact) mass is 442 g/mol. The quantitative estimate of drug-likeness (QED) is 0.411. The first-order valence-electron chi connectivity index (χ1n) is 7.58. The van der Waals surface area contributed by atoms with Crippen molar-refractivity contribution < 1.29 is 9.47 Å². The smallest absolute Gasteiger partial charge is 0.216 e.